The minimum Gasteiger partial charge on any atom is -0.461 e. The van der Waals surface area contributed by atoms with Gasteiger partial charge in [-0.05, 0) is 42.3 Å². The van der Waals surface area contributed by atoms with E-state index >= 15 is 0 Å². The summed E-state index contributed by atoms with van der Waals surface area (Å²) in [6.45, 7) is 0.166. The molecule has 0 aliphatic carbocycles. The highest BCUT2D eigenvalue weighted by Gasteiger charge is 2.20. The largest absolute Gasteiger partial charge is 0.461 e. The third-order valence-corrected chi connectivity index (χ3v) is 5.11. The zero-order valence-electron chi connectivity index (χ0n) is 17.6. The Hall–Kier alpha value is -3.07. The molecular weight excluding hydrogens is 510 g/mol. The van der Waals surface area contributed by atoms with Crippen molar-refractivity contribution < 1.29 is 19.1 Å². The average Bonchev–Trinajstić information content (AvgIpc) is 2.83. The monoisotopic (exact) mass is 531 g/mol. The van der Waals surface area contributed by atoms with Crippen molar-refractivity contribution in [3.05, 3.63) is 94.2 Å². The molecule has 0 aliphatic rings. The third kappa shape index (κ3) is 7.78. The Morgan fingerprint density at radius 2 is 1.76 bits per heavy atom. The third-order valence-electron chi connectivity index (χ3n) is 4.62. The number of nitrogens with two attached hydrogens (primary N) is 1. The van der Waals surface area contributed by atoms with Crippen LogP contribution in [0.25, 0.3) is 0 Å². The number of ketones is 1. The standard InChI is InChI=1S/C24H22BrN3O4.ClH/c25-17-9-11-20(18(14-17)23(30)21-8-4-5-13-27-21)28-24(31)19(26)10-12-22(29)32-15-16-6-2-1-3-7-16;/h1-9,11,13-14,19H,10,12,15,26H2,(H,28,31);1H/t19-;/m0./s1. The number of carbonyl (C=O) groups is 3. The predicted molar refractivity (Wildman–Crippen MR) is 131 cm³/mol. The molecule has 0 bridgehead atoms. The van der Waals surface area contributed by atoms with Crippen LogP contribution in [0.5, 0.6) is 0 Å². The number of ether oxygens (including phenoxy) is 1. The van der Waals surface area contributed by atoms with Gasteiger partial charge in [-0.1, -0.05) is 52.3 Å². The summed E-state index contributed by atoms with van der Waals surface area (Å²) in [5.74, 6) is -1.27. The van der Waals surface area contributed by atoms with Gasteiger partial charge in [0.1, 0.15) is 12.3 Å². The lowest BCUT2D eigenvalue weighted by atomic mass is 10.0. The van der Waals surface area contributed by atoms with Crippen LogP contribution in [0.4, 0.5) is 5.69 Å². The molecule has 0 saturated heterocycles. The number of hydrogen-bond donors (Lipinski definition) is 2. The highest BCUT2D eigenvalue weighted by atomic mass is 79.9. The summed E-state index contributed by atoms with van der Waals surface area (Å²) in [5, 5.41) is 2.68. The number of carbonyl (C=O) groups excluding carboxylic acids is 3. The van der Waals surface area contributed by atoms with Crippen molar-refractivity contribution in [3.8, 4) is 0 Å². The normalized spacial score (nSPS) is 11.1. The molecule has 7 nitrogen and oxygen atoms in total. The zero-order valence-corrected chi connectivity index (χ0v) is 20.0. The minimum atomic E-state index is -0.944. The van der Waals surface area contributed by atoms with Gasteiger partial charge in [0.15, 0.2) is 0 Å². The molecule has 1 heterocycles. The van der Waals surface area contributed by atoms with Gasteiger partial charge >= 0.3 is 5.97 Å². The molecule has 3 N–H and O–H groups in total. The van der Waals surface area contributed by atoms with Crippen LogP contribution >= 0.6 is 28.3 Å². The van der Waals surface area contributed by atoms with E-state index in [1.165, 1.54) is 6.20 Å². The first-order valence-corrected chi connectivity index (χ1v) is 10.7. The minimum absolute atomic E-state index is 0. The van der Waals surface area contributed by atoms with E-state index < -0.39 is 17.9 Å². The lowest BCUT2D eigenvalue weighted by molar-refractivity contribution is -0.145. The van der Waals surface area contributed by atoms with Crippen molar-refractivity contribution in [3.63, 3.8) is 0 Å². The van der Waals surface area contributed by atoms with Gasteiger partial charge in [0.25, 0.3) is 0 Å². The molecule has 1 amide bonds. The molecule has 0 aliphatic heterocycles. The van der Waals surface area contributed by atoms with E-state index in [1.54, 1.807) is 36.4 Å². The van der Waals surface area contributed by atoms with Crippen molar-refractivity contribution in [1.82, 2.24) is 4.98 Å². The molecule has 3 rings (SSSR count). The second kappa shape index (κ2) is 12.8. The second-order valence-corrected chi connectivity index (χ2v) is 7.93. The number of rotatable bonds is 9. The van der Waals surface area contributed by atoms with Crippen LogP contribution < -0.4 is 11.1 Å². The van der Waals surface area contributed by atoms with Gasteiger partial charge < -0.3 is 15.8 Å². The number of hydrogen-bond acceptors (Lipinski definition) is 6. The molecule has 1 aromatic heterocycles. The van der Waals surface area contributed by atoms with E-state index in [-0.39, 0.29) is 48.9 Å². The smallest absolute Gasteiger partial charge is 0.306 e. The summed E-state index contributed by atoms with van der Waals surface area (Å²) in [7, 11) is 0. The number of pyridine rings is 1. The Kier molecular flexibility index (Phi) is 10.2. The molecule has 0 unspecified atom stereocenters. The lowest BCUT2D eigenvalue weighted by Gasteiger charge is -2.15. The summed E-state index contributed by atoms with van der Waals surface area (Å²) in [5.41, 5.74) is 7.69. The molecule has 0 fully saturated rings. The molecule has 0 radical (unpaired) electrons. The van der Waals surface area contributed by atoms with Crippen molar-refractivity contribution in [2.45, 2.75) is 25.5 Å². The number of aromatic nitrogens is 1. The maximum absolute atomic E-state index is 12.8. The predicted octanol–water partition coefficient (Wildman–Crippen LogP) is 4.29. The van der Waals surface area contributed by atoms with Crippen LogP contribution in [0.15, 0.2) is 77.4 Å². The van der Waals surface area contributed by atoms with Crippen LogP contribution in [0.3, 0.4) is 0 Å². The van der Waals surface area contributed by atoms with E-state index in [0.717, 1.165) is 5.56 Å². The topological polar surface area (TPSA) is 111 Å². The van der Waals surface area contributed by atoms with Gasteiger partial charge in [-0.2, -0.15) is 0 Å². The SMILES string of the molecule is Cl.N[C@@H](CCC(=O)OCc1ccccc1)C(=O)Nc1ccc(Br)cc1C(=O)c1ccccn1. The molecular formula is C24H23BrClN3O4. The van der Waals surface area contributed by atoms with E-state index in [4.69, 9.17) is 10.5 Å². The van der Waals surface area contributed by atoms with Crippen molar-refractivity contribution in [2.24, 2.45) is 5.73 Å². The first-order chi connectivity index (χ1) is 15.4. The van der Waals surface area contributed by atoms with E-state index in [2.05, 4.69) is 26.2 Å². The van der Waals surface area contributed by atoms with Crippen molar-refractivity contribution >= 4 is 51.7 Å². The summed E-state index contributed by atoms with van der Waals surface area (Å²) < 4.78 is 5.89. The Labute approximate surface area is 206 Å². The Morgan fingerprint density at radius 1 is 1.03 bits per heavy atom. The molecule has 1 atom stereocenters. The average molecular weight is 533 g/mol. The first-order valence-electron chi connectivity index (χ1n) is 9.95. The van der Waals surface area contributed by atoms with Gasteiger partial charge in [0.05, 0.1) is 11.7 Å². The fraction of sp³-hybridized carbons (Fsp3) is 0.167. The van der Waals surface area contributed by atoms with Gasteiger partial charge in [-0.15, -0.1) is 12.4 Å². The Balaban J connectivity index is 0.00000385. The maximum atomic E-state index is 12.8. The van der Waals surface area contributed by atoms with Crippen LogP contribution in [-0.2, 0) is 20.9 Å². The van der Waals surface area contributed by atoms with Crippen molar-refractivity contribution in [2.75, 3.05) is 5.32 Å². The molecule has 9 heteroatoms. The van der Waals surface area contributed by atoms with E-state index in [0.29, 0.717) is 10.2 Å². The number of amides is 1. The molecule has 33 heavy (non-hydrogen) atoms. The van der Waals surface area contributed by atoms with Gasteiger partial charge in [0, 0.05) is 22.7 Å². The fourth-order valence-electron chi connectivity index (χ4n) is 2.89. The number of nitrogens with one attached hydrogen (secondary N) is 1. The summed E-state index contributed by atoms with van der Waals surface area (Å²) in [6, 6.07) is 18.3. The number of halogens is 2. The molecule has 3 aromatic rings. The quantitative estimate of drug-likeness (QED) is 0.314. The highest BCUT2D eigenvalue weighted by molar-refractivity contribution is 9.10. The lowest BCUT2D eigenvalue weighted by Crippen LogP contribution is -2.36. The van der Waals surface area contributed by atoms with Crippen LogP contribution in [0, 0.1) is 0 Å². The Morgan fingerprint density at radius 3 is 2.45 bits per heavy atom. The van der Waals surface area contributed by atoms with Gasteiger partial charge in [0.2, 0.25) is 11.7 Å². The van der Waals surface area contributed by atoms with E-state index in [9.17, 15) is 14.4 Å². The first kappa shape index (κ1) is 26.2. The molecule has 172 valence electrons. The number of nitrogens with zero attached hydrogens (tertiary/aromatic N) is 1. The molecule has 2 aromatic carbocycles. The molecule has 0 spiro atoms. The Bertz CT molecular complexity index is 1100. The van der Waals surface area contributed by atoms with Crippen LogP contribution in [0.2, 0.25) is 0 Å². The maximum Gasteiger partial charge on any atom is 0.306 e. The van der Waals surface area contributed by atoms with Gasteiger partial charge in [-0.3, -0.25) is 19.4 Å². The van der Waals surface area contributed by atoms with Crippen LogP contribution in [0.1, 0.15) is 34.5 Å². The van der Waals surface area contributed by atoms with E-state index in [1.807, 2.05) is 30.3 Å². The highest BCUT2D eigenvalue weighted by Crippen LogP contribution is 2.24. The van der Waals surface area contributed by atoms with Gasteiger partial charge in [-0.25, -0.2) is 0 Å². The van der Waals surface area contributed by atoms with Crippen LogP contribution in [-0.4, -0.2) is 28.7 Å². The fourth-order valence-corrected chi connectivity index (χ4v) is 3.25. The summed E-state index contributed by atoms with van der Waals surface area (Å²) in [6.07, 6.45) is 1.64. The molecule has 0 saturated carbocycles. The second-order valence-electron chi connectivity index (χ2n) is 7.01. The summed E-state index contributed by atoms with van der Waals surface area (Å²) in [4.78, 5) is 41.5. The number of esters is 1. The van der Waals surface area contributed by atoms with Crippen molar-refractivity contribution in [1.29, 1.82) is 0 Å². The number of anilines is 1. The zero-order chi connectivity index (χ0) is 22.9. The number of benzene rings is 2. The summed E-state index contributed by atoms with van der Waals surface area (Å²) >= 11 is 3.34.